The molecule has 3 rings (SSSR count). The topological polar surface area (TPSA) is 42.2 Å². The average Bonchev–Trinajstić information content (AvgIpc) is 2.83. The van der Waals surface area contributed by atoms with Crippen LogP contribution in [0.4, 0.5) is 5.69 Å². The minimum Gasteiger partial charge on any atom is -0.459 e. The predicted octanol–water partition coefficient (Wildman–Crippen LogP) is 5.83. The van der Waals surface area contributed by atoms with Crippen LogP contribution in [0.25, 0.3) is 11.0 Å². The molecule has 0 spiro atoms. The van der Waals surface area contributed by atoms with Crippen LogP contribution < -0.4 is 4.72 Å². The average molecular weight is 376 g/mol. The first-order chi connectivity index (χ1) is 10.6. The Morgan fingerprint density at radius 1 is 1.23 bits per heavy atom. The zero-order valence-corrected chi connectivity index (χ0v) is 14.5. The number of anilines is 1. The minimum atomic E-state index is 0.0102. The quantitative estimate of drug-likeness (QED) is 0.460. The van der Waals surface area contributed by atoms with Crippen molar-refractivity contribution in [3.8, 4) is 0 Å². The zero-order valence-electron chi connectivity index (χ0n) is 12.1. The molecule has 3 aromatic rings. The smallest absolute Gasteiger partial charge is 0.163 e. The van der Waals surface area contributed by atoms with Gasteiger partial charge in [-0.25, -0.2) is 0 Å². The second-order valence-corrected chi connectivity index (χ2v) is 6.68. The number of hydrogen-bond acceptors (Lipinski definition) is 4. The normalized spacial score (nSPS) is 10.9. The van der Waals surface area contributed by atoms with Gasteiger partial charge >= 0.3 is 0 Å². The molecule has 0 amide bonds. The number of halogens is 1. The minimum absolute atomic E-state index is 0.0102. The van der Waals surface area contributed by atoms with Crippen molar-refractivity contribution in [3.05, 3.63) is 58.3 Å². The summed E-state index contributed by atoms with van der Waals surface area (Å²) >= 11 is 5.04. The van der Waals surface area contributed by atoms with E-state index >= 15 is 0 Å². The molecule has 2 aromatic carbocycles. The molecule has 3 nitrogen and oxygen atoms in total. The number of furan rings is 1. The van der Waals surface area contributed by atoms with Crippen molar-refractivity contribution in [3.63, 3.8) is 0 Å². The molecule has 0 aliphatic carbocycles. The van der Waals surface area contributed by atoms with Gasteiger partial charge in [-0.1, -0.05) is 18.2 Å². The van der Waals surface area contributed by atoms with E-state index in [1.807, 2.05) is 49.4 Å². The maximum Gasteiger partial charge on any atom is 0.163 e. The zero-order chi connectivity index (χ0) is 15.7. The van der Waals surface area contributed by atoms with Gasteiger partial charge in [0.2, 0.25) is 0 Å². The number of carbonyl (C=O) groups excluding carboxylic acids is 1. The summed E-state index contributed by atoms with van der Waals surface area (Å²) in [4.78, 5) is 13.0. The Kier molecular flexibility index (Phi) is 4.27. The molecule has 0 aliphatic rings. The molecule has 0 atom stereocenters. The second-order valence-electron chi connectivity index (χ2n) is 4.94. The van der Waals surface area contributed by atoms with E-state index in [1.165, 1.54) is 11.9 Å². The van der Waals surface area contributed by atoms with Crippen molar-refractivity contribution >= 4 is 50.3 Å². The van der Waals surface area contributed by atoms with Crippen molar-refractivity contribution in [2.24, 2.45) is 0 Å². The highest BCUT2D eigenvalue weighted by molar-refractivity contribution is 9.10. The van der Waals surface area contributed by atoms with E-state index < -0.39 is 0 Å². The predicted molar refractivity (Wildman–Crippen MR) is 94.6 cm³/mol. The summed E-state index contributed by atoms with van der Waals surface area (Å²) in [7, 11) is 0. The molecule has 112 valence electrons. The maximum absolute atomic E-state index is 11.8. The third-order valence-electron chi connectivity index (χ3n) is 3.30. The first-order valence-corrected chi connectivity index (χ1v) is 8.38. The third-order valence-corrected chi connectivity index (χ3v) is 4.74. The van der Waals surface area contributed by atoms with Gasteiger partial charge in [0.15, 0.2) is 5.78 Å². The molecule has 5 heteroatoms. The summed E-state index contributed by atoms with van der Waals surface area (Å²) in [6, 6.07) is 13.9. The van der Waals surface area contributed by atoms with Gasteiger partial charge in [-0.3, -0.25) is 4.79 Å². The summed E-state index contributed by atoms with van der Waals surface area (Å²) < 4.78 is 9.84. The fraction of sp³-hybridized carbons (Fsp3) is 0.118. The lowest BCUT2D eigenvalue weighted by Crippen LogP contribution is -1.93. The molecule has 0 radical (unpaired) electrons. The van der Waals surface area contributed by atoms with Crippen LogP contribution in [0.15, 0.2) is 56.2 Å². The highest BCUT2D eigenvalue weighted by Crippen LogP contribution is 2.35. The lowest BCUT2D eigenvalue weighted by Gasteiger charge is -2.06. The molecule has 0 saturated carbocycles. The molecule has 22 heavy (non-hydrogen) atoms. The summed E-state index contributed by atoms with van der Waals surface area (Å²) in [5, 5.41) is 0.829. The van der Waals surface area contributed by atoms with Gasteiger partial charge in [0.25, 0.3) is 0 Å². The number of aryl methyl sites for hydroxylation is 1. The van der Waals surface area contributed by atoms with Crippen LogP contribution in [0.3, 0.4) is 0 Å². The van der Waals surface area contributed by atoms with Crippen LogP contribution in [0.2, 0.25) is 0 Å². The summed E-state index contributed by atoms with van der Waals surface area (Å²) in [5.41, 5.74) is 2.26. The molecule has 0 saturated heterocycles. The summed E-state index contributed by atoms with van der Waals surface area (Å²) in [6.45, 7) is 3.37. The lowest BCUT2D eigenvalue weighted by atomic mass is 10.1. The Hall–Kier alpha value is -1.72. The van der Waals surface area contributed by atoms with Crippen molar-refractivity contribution in [2.75, 3.05) is 4.72 Å². The Balaban J connectivity index is 1.97. The molecule has 1 heterocycles. The van der Waals surface area contributed by atoms with E-state index in [1.54, 1.807) is 6.92 Å². The number of hydrogen-bond donors (Lipinski definition) is 1. The van der Waals surface area contributed by atoms with Crippen LogP contribution in [-0.4, -0.2) is 5.78 Å². The fourth-order valence-corrected chi connectivity index (χ4v) is 3.57. The largest absolute Gasteiger partial charge is 0.459 e. The number of ketones is 1. The lowest BCUT2D eigenvalue weighted by molar-refractivity contribution is 0.101. The number of Topliss-reactive ketones (excluding diaryl/α,β-unsaturated/α-hetero) is 1. The Bertz CT molecular complexity index is 843. The van der Waals surface area contributed by atoms with Crippen molar-refractivity contribution in [1.29, 1.82) is 0 Å². The molecule has 0 unspecified atom stereocenters. The Morgan fingerprint density at radius 2 is 1.95 bits per heavy atom. The summed E-state index contributed by atoms with van der Waals surface area (Å²) in [5.74, 6) is 0.659. The number of carbonyl (C=O) groups is 1. The van der Waals surface area contributed by atoms with Gasteiger partial charge < -0.3 is 9.14 Å². The van der Waals surface area contributed by atoms with E-state index in [-0.39, 0.29) is 5.78 Å². The molecular weight excluding hydrogens is 362 g/mol. The number of rotatable bonds is 4. The van der Waals surface area contributed by atoms with Gasteiger partial charge in [-0.05, 0) is 66.0 Å². The number of benzene rings is 2. The molecule has 0 aliphatic heterocycles. The van der Waals surface area contributed by atoms with Crippen LogP contribution in [0.1, 0.15) is 23.0 Å². The molecule has 1 aromatic heterocycles. The van der Waals surface area contributed by atoms with Crippen LogP contribution in [0, 0.1) is 6.92 Å². The van der Waals surface area contributed by atoms with Crippen molar-refractivity contribution < 1.29 is 9.21 Å². The van der Waals surface area contributed by atoms with Crippen LogP contribution in [-0.2, 0) is 0 Å². The van der Waals surface area contributed by atoms with Crippen LogP contribution in [0.5, 0.6) is 0 Å². The van der Waals surface area contributed by atoms with Gasteiger partial charge in [-0.15, -0.1) is 0 Å². The van der Waals surface area contributed by atoms with E-state index in [9.17, 15) is 4.79 Å². The van der Waals surface area contributed by atoms with E-state index in [4.69, 9.17) is 4.42 Å². The van der Waals surface area contributed by atoms with Crippen LogP contribution >= 0.6 is 27.9 Å². The van der Waals surface area contributed by atoms with E-state index in [2.05, 4.69) is 20.7 Å². The standard InChI is InChI=1S/C17H14BrNO2S/c1-10(20)16-11(2)21-17-14(16)8-12(9-15(17)18)19-22-13-6-4-3-5-7-13/h3-9,19H,1-2H3. The molecular formula is C17H14BrNO2S. The number of fused-ring (bicyclic) bond motifs is 1. The van der Waals surface area contributed by atoms with Crippen molar-refractivity contribution in [1.82, 2.24) is 0 Å². The molecule has 0 fully saturated rings. The maximum atomic E-state index is 11.8. The highest BCUT2D eigenvalue weighted by Gasteiger charge is 2.17. The van der Waals surface area contributed by atoms with E-state index in [0.29, 0.717) is 16.9 Å². The Labute approximate surface area is 141 Å². The van der Waals surface area contributed by atoms with Gasteiger partial charge in [0.1, 0.15) is 11.3 Å². The monoisotopic (exact) mass is 375 g/mol. The van der Waals surface area contributed by atoms with Gasteiger partial charge in [0, 0.05) is 16.0 Å². The second kappa shape index (κ2) is 6.18. The molecule has 1 N–H and O–H groups in total. The van der Waals surface area contributed by atoms with E-state index in [0.717, 1.165) is 20.4 Å². The number of nitrogens with one attached hydrogen (secondary N) is 1. The Morgan fingerprint density at radius 3 is 2.64 bits per heavy atom. The molecule has 0 bridgehead atoms. The first kappa shape index (κ1) is 15.2. The third kappa shape index (κ3) is 2.91. The first-order valence-electron chi connectivity index (χ1n) is 6.77. The summed E-state index contributed by atoms with van der Waals surface area (Å²) in [6.07, 6.45) is 0. The van der Waals surface area contributed by atoms with Gasteiger partial charge in [-0.2, -0.15) is 0 Å². The SMILES string of the molecule is CC(=O)c1c(C)oc2c(Br)cc(NSc3ccccc3)cc12. The highest BCUT2D eigenvalue weighted by atomic mass is 79.9. The van der Waals surface area contributed by atoms with Gasteiger partial charge in [0.05, 0.1) is 10.0 Å². The fourth-order valence-electron chi connectivity index (χ4n) is 2.38. The van der Waals surface area contributed by atoms with Crippen molar-refractivity contribution in [2.45, 2.75) is 18.7 Å².